The van der Waals surface area contributed by atoms with Crippen molar-refractivity contribution < 1.29 is 14.6 Å². The molecule has 0 bridgehead atoms. The van der Waals surface area contributed by atoms with Gasteiger partial charge in [-0.25, -0.2) is 19.9 Å². The summed E-state index contributed by atoms with van der Waals surface area (Å²) in [6.07, 6.45) is 4.61. The Kier molecular flexibility index (Phi) is 5.61. The van der Waals surface area contributed by atoms with Crippen molar-refractivity contribution in [1.29, 1.82) is 0 Å². The normalized spacial score (nSPS) is 17.0. The number of hydrogen-bond donors (Lipinski definition) is 4. The van der Waals surface area contributed by atoms with Gasteiger partial charge in [0.1, 0.15) is 29.0 Å². The average molecular weight is 433 g/mol. The summed E-state index contributed by atoms with van der Waals surface area (Å²) in [5.41, 5.74) is 2.85. The maximum atomic E-state index is 12.6. The number of aromatic amines is 1. The molecule has 1 aliphatic rings. The number of benzene rings is 1. The summed E-state index contributed by atoms with van der Waals surface area (Å²) in [7, 11) is 0. The van der Waals surface area contributed by atoms with Crippen LogP contribution in [0, 0.1) is 0 Å². The minimum absolute atomic E-state index is 0.0309. The second kappa shape index (κ2) is 8.85. The third-order valence-electron chi connectivity index (χ3n) is 5.54. The van der Waals surface area contributed by atoms with E-state index >= 15 is 0 Å². The number of rotatable bonds is 7. The monoisotopic (exact) mass is 433 g/mol. The highest BCUT2D eigenvalue weighted by Crippen LogP contribution is 2.34. The number of amides is 1. The van der Waals surface area contributed by atoms with E-state index in [0.29, 0.717) is 28.1 Å². The number of carbonyl (C=O) groups is 1. The highest BCUT2D eigenvalue weighted by molar-refractivity contribution is 5.97. The van der Waals surface area contributed by atoms with Crippen LogP contribution in [0.3, 0.4) is 0 Å². The van der Waals surface area contributed by atoms with Gasteiger partial charge in [0.25, 0.3) is 5.91 Å². The van der Waals surface area contributed by atoms with Gasteiger partial charge in [0.15, 0.2) is 11.8 Å². The number of aromatic nitrogens is 5. The average Bonchev–Trinajstić information content (AvgIpc) is 3.53. The van der Waals surface area contributed by atoms with Gasteiger partial charge in [0.2, 0.25) is 0 Å². The van der Waals surface area contributed by atoms with Crippen LogP contribution in [0.1, 0.15) is 35.1 Å². The van der Waals surface area contributed by atoms with Gasteiger partial charge in [0, 0.05) is 18.0 Å². The number of H-pyrrole nitrogens is 1. The number of carbonyl (C=O) groups excluding carboxylic acids is 1. The molecular weight excluding hydrogens is 410 g/mol. The molecule has 5 rings (SSSR count). The van der Waals surface area contributed by atoms with Crippen molar-refractivity contribution in [2.45, 2.75) is 25.0 Å². The zero-order valence-electron chi connectivity index (χ0n) is 17.3. The molecule has 1 saturated heterocycles. The number of nitrogens with one attached hydrogen (secondary N) is 3. The zero-order valence-corrected chi connectivity index (χ0v) is 17.3. The van der Waals surface area contributed by atoms with E-state index in [2.05, 4.69) is 35.6 Å². The first-order chi connectivity index (χ1) is 15.7. The van der Waals surface area contributed by atoms with E-state index in [0.717, 1.165) is 24.8 Å². The lowest BCUT2D eigenvalue weighted by Crippen LogP contribution is -2.33. The lowest BCUT2D eigenvalue weighted by Gasteiger charge is -2.25. The van der Waals surface area contributed by atoms with Crippen molar-refractivity contribution in [3.8, 4) is 5.75 Å². The van der Waals surface area contributed by atoms with Crippen molar-refractivity contribution in [3.05, 3.63) is 54.4 Å². The second-order valence-corrected chi connectivity index (χ2v) is 7.60. The fourth-order valence-electron chi connectivity index (χ4n) is 4.04. The zero-order chi connectivity index (χ0) is 21.9. The molecule has 10 heteroatoms. The molecule has 1 amide bonds. The molecule has 1 unspecified atom stereocenters. The van der Waals surface area contributed by atoms with Crippen molar-refractivity contribution >= 4 is 28.0 Å². The molecule has 2 atom stereocenters. The number of para-hydroxylation sites is 1. The first-order valence-corrected chi connectivity index (χ1v) is 10.6. The predicted octanol–water partition coefficient (Wildman–Crippen LogP) is 1.50. The molecule has 3 aromatic heterocycles. The number of aliphatic hydroxyl groups is 1. The molecule has 4 heterocycles. The molecular formula is C22H23N7O3. The summed E-state index contributed by atoms with van der Waals surface area (Å²) in [4.78, 5) is 33.2. The van der Waals surface area contributed by atoms with Crippen LogP contribution in [0.25, 0.3) is 22.1 Å². The number of nitrogens with zero attached hydrogens (tertiary/aromatic N) is 4. The third kappa shape index (κ3) is 3.85. The Morgan fingerprint density at radius 2 is 2.19 bits per heavy atom. The summed E-state index contributed by atoms with van der Waals surface area (Å²) in [5, 5.41) is 16.0. The molecule has 1 fully saturated rings. The van der Waals surface area contributed by atoms with Crippen LogP contribution in [-0.4, -0.2) is 61.7 Å². The Bertz CT molecular complexity index is 1250. The first-order valence-electron chi connectivity index (χ1n) is 10.6. The maximum Gasteiger partial charge on any atom is 0.270 e. The first kappa shape index (κ1) is 20.3. The Labute approximate surface area is 183 Å². The molecule has 1 aromatic carbocycles. The van der Waals surface area contributed by atoms with Gasteiger partial charge in [-0.2, -0.15) is 0 Å². The van der Waals surface area contributed by atoms with Crippen molar-refractivity contribution in [2.24, 2.45) is 0 Å². The quantitative estimate of drug-likeness (QED) is 0.344. The molecule has 0 spiro atoms. The van der Waals surface area contributed by atoms with Gasteiger partial charge in [0.05, 0.1) is 24.5 Å². The Morgan fingerprint density at radius 1 is 1.28 bits per heavy atom. The molecule has 10 nitrogen and oxygen atoms in total. The van der Waals surface area contributed by atoms with E-state index in [-0.39, 0.29) is 30.8 Å². The fourth-order valence-corrected chi connectivity index (χ4v) is 4.04. The number of imidazole rings is 1. The van der Waals surface area contributed by atoms with E-state index in [4.69, 9.17) is 9.84 Å². The number of pyridine rings is 1. The summed E-state index contributed by atoms with van der Waals surface area (Å²) >= 11 is 0. The van der Waals surface area contributed by atoms with E-state index in [1.165, 1.54) is 6.33 Å². The standard InChI is InChI=1S/C22H23N7O3/c30-9-8-24-22(31)16-10-17(13-4-1-2-5-14(13)29-16)32-20(15-6-3-7-23-15)18-19-21(27-11-25-18)28-12-26-19/h1-2,4-5,10-12,15,20,23,30H,3,6-9H2,(H,24,31)(H,25,26,27,28)/t15?,20-/m1/s1. The topological polar surface area (TPSA) is 138 Å². The Balaban J connectivity index is 1.59. The minimum atomic E-state index is -0.439. The summed E-state index contributed by atoms with van der Waals surface area (Å²) < 4.78 is 6.59. The van der Waals surface area contributed by atoms with Gasteiger partial charge in [-0.3, -0.25) is 4.79 Å². The summed E-state index contributed by atoms with van der Waals surface area (Å²) in [6, 6.07) is 9.19. The second-order valence-electron chi connectivity index (χ2n) is 7.60. The minimum Gasteiger partial charge on any atom is -0.482 e. The van der Waals surface area contributed by atoms with Crippen LogP contribution >= 0.6 is 0 Å². The number of hydrogen-bond acceptors (Lipinski definition) is 8. The van der Waals surface area contributed by atoms with Crippen molar-refractivity contribution in [2.75, 3.05) is 19.7 Å². The van der Waals surface area contributed by atoms with Crippen molar-refractivity contribution in [1.82, 2.24) is 35.6 Å². The molecule has 0 aliphatic carbocycles. The maximum absolute atomic E-state index is 12.6. The van der Waals surface area contributed by atoms with Crippen LogP contribution in [0.5, 0.6) is 5.75 Å². The van der Waals surface area contributed by atoms with Crippen molar-refractivity contribution in [3.63, 3.8) is 0 Å². The molecule has 32 heavy (non-hydrogen) atoms. The highest BCUT2D eigenvalue weighted by atomic mass is 16.5. The van der Waals surface area contributed by atoms with Gasteiger partial charge >= 0.3 is 0 Å². The van der Waals surface area contributed by atoms with Crippen LogP contribution in [0.15, 0.2) is 43.0 Å². The highest BCUT2D eigenvalue weighted by Gasteiger charge is 2.32. The van der Waals surface area contributed by atoms with Crippen LogP contribution in [0.4, 0.5) is 0 Å². The molecule has 0 saturated carbocycles. The van der Waals surface area contributed by atoms with Gasteiger partial charge in [-0.05, 0) is 31.5 Å². The fraction of sp³-hybridized carbons (Fsp3) is 0.318. The number of fused-ring (bicyclic) bond motifs is 2. The van der Waals surface area contributed by atoms with E-state index in [9.17, 15) is 4.79 Å². The van der Waals surface area contributed by atoms with Gasteiger partial charge in [-0.15, -0.1) is 0 Å². The molecule has 0 radical (unpaired) electrons. The summed E-state index contributed by atoms with van der Waals surface area (Å²) in [6.45, 7) is 0.896. The van der Waals surface area contributed by atoms with Crippen LogP contribution in [-0.2, 0) is 0 Å². The van der Waals surface area contributed by atoms with E-state index < -0.39 is 6.10 Å². The van der Waals surface area contributed by atoms with Gasteiger partial charge in [-0.1, -0.05) is 12.1 Å². The smallest absolute Gasteiger partial charge is 0.270 e. The largest absolute Gasteiger partial charge is 0.482 e. The lowest BCUT2D eigenvalue weighted by molar-refractivity contribution is 0.0939. The Morgan fingerprint density at radius 3 is 3.03 bits per heavy atom. The Hall–Kier alpha value is -3.63. The third-order valence-corrected chi connectivity index (χ3v) is 5.54. The lowest BCUT2D eigenvalue weighted by atomic mass is 10.0. The van der Waals surface area contributed by atoms with Crippen LogP contribution in [0.2, 0.25) is 0 Å². The predicted molar refractivity (Wildman–Crippen MR) is 117 cm³/mol. The van der Waals surface area contributed by atoms with Crippen LogP contribution < -0.4 is 15.4 Å². The molecule has 4 N–H and O–H groups in total. The molecule has 1 aliphatic heterocycles. The molecule has 4 aromatic rings. The SMILES string of the molecule is O=C(NCCO)c1cc(O[C@@H](c2ncnc3[nH]cnc23)C2CCCN2)c2ccccc2n1. The van der Waals surface area contributed by atoms with E-state index in [1.807, 2.05) is 24.3 Å². The molecule has 164 valence electrons. The van der Waals surface area contributed by atoms with Gasteiger partial charge < -0.3 is 25.5 Å². The number of ether oxygens (including phenoxy) is 1. The number of aliphatic hydroxyl groups excluding tert-OH is 1. The van der Waals surface area contributed by atoms with E-state index in [1.54, 1.807) is 12.4 Å². The summed E-state index contributed by atoms with van der Waals surface area (Å²) in [5.74, 6) is 0.160.